The van der Waals surface area contributed by atoms with Gasteiger partial charge in [-0.2, -0.15) is 0 Å². The van der Waals surface area contributed by atoms with Crippen molar-refractivity contribution in [1.29, 1.82) is 0 Å². The largest absolute Gasteiger partial charge is 0.462 e. The lowest BCUT2D eigenvalue weighted by molar-refractivity contribution is -0.127. The normalized spacial score (nSPS) is 18.0. The second kappa shape index (κ2) is 8.37. The van der Waals surface area contributed by atoms with Crippen LogP contribution in [0, 0.1) is 5.92 Å². The van der Waals surface area contributed by atoms with Crippen LogP contribution < -0.4 is 0 Å². The van der Waals surface area contributed by atoms with Gasteiger partial charge in [-0.1, -0.05) is 24.3 Å². The zero-order chi connectivity index (χ0) is 17.6. The Kier molecular flexibility index (Phi) is 5.16. The Morgan fingerprint density at radius 3 is 2.64 bits per heavy atom. The SMILES string of the molecule is [2H]C([2H])(CC1CCN(C(=O)/C=C/C)CC1)OC(=O)c1ccccc1. The Balaban J connectivity index is 1.84. The molecule has 4 nitrogen and oxygen atoms in total. The molecule has 1 aromatic carbocycles. The van der Waals surface area contributed by atoms with Crippen LogP contribution >= 0.6 is 0 Å². The molecule has 1 aliphatic rings. The van der Waals surface area contributed by atoms with E-state index in [0.29, 0.717) is 31.5 Å². The van der Waals surface area contributed by atoms with E-state index < -0.39 is 12.5 Å². The monoisotopic (exact) mass is 303 g/mol. The minimum Gasteiger partial charge on any atom is -0.462 e. The molecule has 0 radical (unpaired) electrons. The van der Waals surface area contributed by atoms with Crippen LogP contribution in [0.5, 0.6) is 0 Å². The number of carbonyl (C=O) groups is 2. The standard InChI is InChI=1S/C18H23NO3/c1-2-6-17(20)19-12-9-15(10-13-19)11-14-22-18(21)16-7-4-3-5-8-16/h2-8,15H,9-14H2,1H3/b6-2+/i14D2. The molecule has 0 aliphatic carbocycles. The van der Waals surface area contributed by atoms with E-state index in [1.54, 1.807) is 54.3 Å². The highest BCUT2D eigenvalue weighted by molar-refractivity contribution is 5.89. The zero-order valence-corrected chi connectivity index (χ0v) is 12.8. The summed E-state index contributed by atoms with van der Waals surface area (Å²) < 4.78 is 21.0. The maximum Gasteiger partial charge on any atom is 0.338 e. The molecule has 22 heavy (non-hydrogen) atoms. The van der Waals surface area contributed by atoms with Crippen molar-refractivity contribution in [2.24, 2.45) is 5.92 Å². The summed E-state index contributed by atoms with van der Waals surface area (Å²) in [7, 11) is 0. The number of benzene rings is 1. The van der Waals surface area contributed by atoms with Crippen molar-refractivity contribution in [1.82, 2.24) is 4.90 Å². The third kappa shape index (κ3) is 4.72. The van der Waals surface area contributed by atoms with Crippen molar-refractivity contribution in [3.63, 3.8) is 0 Å². The first-order valence-electron chi connectivity index (χ1n) is 8.61. The number of rotatable bonds is 5. The van der Waals surface area contributed by atoms with Crippen LogP contribution in [-0.2, 0) is 9.53 Å². The van der Waals surface area contributed by atoms with Crippen LogP contribution in [0.15, 0.2) is 42.5 Å². The van der Waals surface area contributed by atoms with E-state index in [2.05, 4.69) is 0 Å². The third-order valence-corrected chi connectivity index (χ3v) is 3.78. The van der Waals surface area contributed by atoms with Gasteiger partial charge in [-0.3, -0.25) is 4.79 Å². The predicted molar refractivity (Wildman–Crippen MR) is 85.5 cm³/mol. The highest BCUT2D eigenvalue weighted by Crippen LogP contribution is 2.21. The highest BCUT2D eigenvalue weighted by atomic mass is 16.5. The van der Waals surface area contributed by atoms with Crippen LogP contribution in [-0.4, -0.2) is 36.4 Å². The average molecular weight is 303 g/mol. The van der Waals surface area contributed by atoms with Crippen molar-refractivity contribution < 1.29 is 17.1 Å². The molecule has 0 saturated carbocycles. The molecule has 4 heteroatoms. The van der Waals surface area contributed by atoms with Crippen LogP contribution in [0.1, 0.15) is 39.3 Å². The fraction of sp³-hybridized carbons (Fsp3) is 0.444. The summed E-state index contributed by atoms with van der Waals surface area (Å²) in [5.74, 6) is -0.561. The summed E-state index contributed by atoms with van der Waals surface area (Å²) >= 11 is 0. The smallest absolute Gasteiger partial charge is 0.338 e. The molecule has 0 atom stereocenters. The van der Waals surface area contributed by atoms with E-state index in [1.807, 2.05) is 0 Å². The minimum atomic E-state index is -2.01. The third-order valence-electron chi connectivity index (χ3n) is 3.78. The quantitative estimate of drug-likeness (QED) is 0.620. The summed E-state index contributed by atoms with van der Waals surface area (Å²) in [5.41, 5.74) is 0.341. The zero-order valence-electron chi connectivity index (χ0n) is 14.8. The molecule has 1 amide bonds. The Morgan fingerprint density at radius 2 is 2.00 bits per heavy atom. The topological polar surface area (TPSA) is 46.6 Å². The number of esters is 1. The van der Waals surface area contributed by atoms with E-state index in [0.717, 1.165) is 0 Å². The minimum absolute atomic E-state index is 0.00512. The summed E-state index contributed by atoms with van der Waals surface area (Å²) in [6.07, 6.45) is 4.84. The van der Waals surface area contributed by atoms with Crippen LogP contribution in [0.3, 0.4) is 0 Å². The molecule has 1 fully saturated rings. The molecule has 0 N–H and O–H groups in total. The number of nitrogens with zero attached hydrogens (tertiary/aromatic N) is 1. The van der Waals surface area contributed by atoms with Gasteiger partial charge in [0.1, 0.15) is 0 Å². The molecule has 1 heterocycles. The summed E-state index contributed by atoms with van der Waals surface area (Å²) in [6, 6.07) is 8.41. The molecule has 118 valence electrons. The van der Waals surface area contributed by atoms with E-state index in [4.69, 9.17) is 7.48 Å². The van der Waals surface area contributed by atoms with Crippen molar-refractivity contribution in [3.05, 3.63) is 48.0 Å². The van der Waals surface area contributed by atoms with Gasteiger partial charge in [0.25, 0.3) is 0 Å². The molecule has 0 spiro atoms. The number of amides is 1. The number of hydrogen-bond donors (Lipinski definition) is 0. The second-order valence-electron chi connectivity index (χ2n) is 5.37. The first-order chi connectivity index (χ1) is 11.4. The van der Waals surface area contributed by atoms with Gasteiger partial charge in [-0.15, -0.1) is 0 Å². The van der Waals surface area contributed by atoms with Crippen LogP contribution in [0.4, 0.5) is 0 Å². The lowest BCUT2D eigenvalue weighted by Crippen LogP contribution is -2.37. The summed E-state index contributed by atoms with van der Waals surface area (Å²) in [4.78, 5) is 25.5. The van der Waals surface area contributed by atoms with E-state index in [1.165, 1.54) is 0 Å². The van der Waals surface area contributed by atoms with Gasteiger partial charge < -0.3 is 9.64 Å². The fourth-order valence-corrected chi connectivity index (χ4v) is 2.46. The maximum atomic E-state index is 12.0. The first kappa shape index (κ1) is 13.6. The molecule has 2 rings (SSSR count). The van der Waals surface area contributed by atoms with Gasteiger partial charge in [0, 0.05) is 13.1 Å². The molecule has 1 aliphatic heterocycles. The van der Waals surface area contributed by atoms with Crippen LogP contribution in [0.2, 0.25) is 0 Å². The highest BCUT2D eigenvalue weighted by Gasteiger charge is 2.21. The average Bonchev–Trinajstić information content (AvgIpc) is 2.55. The lowest BCUT2D eigenvalue weighted by atomic mass is 9.94. The van der Waals surface area contributed by atoms with Gasteiger partial charge >= 0.3 is 5.97 Å². The molecule has 1 aromatic rings. The molecule has 0 aromatic heterocycles. The Bertz CT molecular complexity index is 594. The van der Waals surface area contributed by atoms with E-state index in [9.17, 15) is 9.59 Å². The number of likely N-dealkylation sites (tertiary alicyclic amines) is 1. The molecule has 0 unspecified atom stereocenters. The van der Waals surface area contributed by atoms with Gasteiger partial charge in [0.05, 0.1) is 14.9 Å². The van der Waals surface area contributed by atoms with Gasteiger partial charge in [-0.25, -0.2) is 4.79 Å². The molecule has 1 saturated heterocycles. The summed E-state index contributed by atoms with van der Waals surface area (Å²) in [6.45, 7) is 1.01. The fourth-order valence-electron chi connectivity index (χ4n) is 2.46. The Morgan fingerprint density at radius 1 is 1.32 bits per heavy atom. The Labute approximate surface area is 134 Å². The van der Waals surface area contributed by atoms with Gasteiger partial charge in [-0.05, 0) is 50.3 Å². The molecule has 0 bridgehead atoms. The van der Waals surface area contributed by atoms with Crippen LogP contribution in [0.25, 0.3) is 0 Å². The predicted octanol–water partition coefficient (Wildman–Crippen LogP) is 3.05. The molecular weight excluding hydrogens is 278 g/mol. The Hall–Kier alpha value is -2.10. The molecular formula is C18H23NO3. The second-order valence-corrected chi connectivity index (χ2v) is 5.37. The maximum absolute atomic E-state index is 12.0. The van der Waals surface area contributed by atoms with Crippen molar-refractivity contribution >= 4 is 11.9 Å². The number of piperidine rings is 1. The number of hydrogen-bond acceptors (Lipinski definition) is 3. The van der Waals surface area contributed by atoms with Gasteiger partial charge in [0.15, 0.2) is 0 Å². The van der Waals surface area contributed by atoms with Crippen molar-refractivity contribution in [2.75, 3.05) is 19.6 Å². The van der Waals surface area contributed by atoms with Crippen molar-refractivity contribution in [3.8, 4) is 0 Å². The number of carbonyl (C=O) groups excluding carboxylic acids is 2. The number of allylic oxidation sites excluding steroid dienone is 1. The number of ether oxygens (including phenoxy) is 1. The van der Waals surface area contributed by atoms with E-state index in [-0.39, 0.29) is 18.2 Å². The first-order valence-corrected chi connectivity index (χ1v) is 7.61. The lowest BCUT2D eigenvalue weighted by Gasteiger charge is -2.31. The van der Waals surface area contributed by atoms with Crippen molar-refractivity contribution in [2.45, 2.75) is 26.2 Å². The van der Waals surface area contributed by atoms with Gasteiger partial charge in [0.2, 0.25) is 5.91 Å². The summed E-state index contributed by atoms with van der Waals surface area (Å²) in [5, 5.41) is 0. The van der Waals surface area contributed by atoms with E-state index >= 15 is 0 Å².